The molecule has 0 atom stereocenters. The molecule has 36 heavy (non-hydrogen) atoms. The Kier molecular flexibility index (Phi) is 7.40. The summed E-state index contributed by atoms with van der Waals surface area (Å²) >= 11 is 6.39. The van der Waals surface area contributed by atoms with Crippen LogP contribution in [0.1, 0.15) is 37.7 Å². The standard InChI is InChI=1S/C27H28ClN5O3/c28-22-14-20(3-4-23(22)33-27(34)32-19-1-2-19)36-25-7-11-31-24-15-26(18(16-29)13-21(24)25)35-12-8-17-5-9-30-10-6-17/h3-4,7,11,13-15,17,19,30H,1-2,5-6,8-10,12H2,(H2,32,33,34). The maximum absolute atomic E-state index is 12.0. The minimum Gasteiger partial charge on any atom is -0.492 e. The quantitative estimate of drug-likeness (QED) is 0.367. The van der Waals surface area contributed by atoms with Gasteiger partial charge in [-0.3, -0.25) is 4.98 Å². The minimum absolute atomic E-state index is 0.255. The average molecular weight is 506 g/mol. The number of amides is 2. The van der Waals surface area contributed by atoms with Crippen LogP contribution < -0.4 is 25.4 Å². The molecular formula is C27H28ClN5O3. The molecule has 3 aromatic rings. The lowest BCUT2D eigenvalue weighted by molar-refractivity contribution is 0.251. The Balaban J connectivity index is 1.29. The Bertz CT molecular complexity index is 1300. The van der Waals surface area contributed by atoms with Crippen molar-refractivity contribution in [3.05, 3.63) is 53.2 Å². The highest BCUT2D eigenvalue weighted by Gasteiger charge is 2.23. The smallest absolute Gasteiger partial charge is 0.319 e. The molecule has 0 spiro atoms. The number of carbonyl (C=O) groups is 1. The fourth-order valence-corrected chi connectivity index (χ4v) is 4.53. The molecule has 1 aliphatic heterocycles. The van der Waals surface area contributed by atoms with Gasteiger partial charge in [0.15, 0.2) is 0 Å². The summed E-state index contributed by atoms with van der Waals surface area (Å²) in [5.41, 5.74) is 1.61. The Morgan fingerprint density at radius 3 is 2.72 bits per heavy atom. The molecule has 1 aromatic heterocycles. The number of fused-ring (bicyclic) bond motifs is 1. The van der Waals surface area contributed by atoms with Crippen LogP contribution in [0.3, 0.4) is 0 Å². The maximum Gasteiger partial charge on any atom is 0.319 e. The third-order valence-corrected chi connectivity index (χ3v) is 6.81. The fraction of sp³-hybridized carbons (Fsp3) is 0.370. The van der Waals surface area contributed by atoms with Gasteiger partial charge in [-0.25, -0.2) is 4.79 Å². The molecule has 2 aliphatic rings. The molecule has 1 saturated heterocycles. The van der Waals surface area contributed by atoms with Crippen molar-refractivity contribution in [2.45, 2.75) is 38.1 Å². The third kappa shape index (κ3) is 5.99. The van der Waals surface area contributed by atoms with Crippen molar-refractivity contribution in [3.63, 3.8) is 0 Å². The topological polar surface area (TPSA) is 108 Å². The summed E-state index contributed by atoms with van der Waals surface area (Å²) in [5.74, 6) is 2.23. The second-order valence-corrected chi connectivity index (χ2v) is 9.64. The van der Waals surface area contributed by atoms with Gasteiger partial charge in [0.25, 0.3) is 0 Å². The van der Waals surface area contributed by atoms with E-state index in [1.165, 1.54) is 0 Å². The van der Waals surface area contributed by atoms with Crippen molar-refractivity contribution >= 4 is 34.2 Å². The van der Waals surface area contributed by atoms with Gasteiger partial charge in [-0.2, -0.15) is 5.26 Å². The molecule has 0 bridgehead atoms. The van der Waals surface area contributed by atoms with E-state index in [2.05, 4.69) is 27.0 Å². The van der Waals surface area contributed by atoms with Crippen LogP contribution in [0.4, 0.5) is 10.5 Å². The molecule has 5 rings (SSSR count). The normalized spacial score (nSPS) is 15.8. The van der Waals surface area contributed by atoms with Crippen LogP contribution in [-0.4, -0.2) is 36.8 Å². The number of pyridine rings is 1. The highest BCUT2D eigenvalue weighted by Crippen LogP contribution is 2.35. The molecule has 0 radical (unpaired) electrons. The van der Waals surface area contributed by atoms with Crippen LogP contribution in [0.5, 0.6) is 17.2 Å². The Morgan fingerprint density at radius 1 is 1.14 bits per heavy atom. The van der Waals surface area contributed by atoms with E-state index in [9.17, 15) is 10.1 Å². The minimum atomic E-state index is -0.272. The van der Waals surface area contributed by atoms with Crippen LogP contribution >= 0.6 is 11.6 Å². The lowest BCUT2D eigenvalue weighted by atomic mass is 9.95. The summed E-state index contributed by atoms with van der Waals surface area (Å²) in [6.45, 7) is 2.67. The zero-order chi connectivity index (χ0) is 24.9. The van der Waals surface area contributed by atoms with E-state index in [0.29, 0.717) is 56.9 Å². The number of nitrogens with zero attached hydrogens (tertiary/aromatic N) is 2. The number of halogens is 1. The van der Waals surface area contributed by atoms with Crippen LogP contribution in [0, 0.1) is 17.2 Å². The lowest BCUT2D eigenvalue weighted by Gasteiger charge is -2.22. The molecule has 1 saturated carbocycles. The highest BCUT2D eigenvalue weighted by molar-refractivity contribution is 6.33. The molecule has 1 aliphatic carbocycles. The fourth-order valence-electron chi connectivity index (χ4n) is 4.31. The number of anilines is 1. The summed E-state index contributed by atoms with van der Waals surface area (Å²) in [6, 6.07) is 12.6. The summed E-state index contributed by atoms with van der Waals surface area (Å²) < 4.78 is 12.1. The first kappa shape index (κ1) is 24.2. The molecular weight excluding hydrogens is 478 g/mol. The largest absolute Gasteiger partial charge is 0.492 e. The number of ether oxygens (including phenoxy) is 2. The van der Waals surface area contributed by atoms with Gasteiger partial charge in [0.1, 0.15) is 23.3 Å². The summed E-state index contributed by atoms with van der Waals surface area (Å²) in [6.07, 6.45) is 6.95. The van der Waals surface area contributed by atoms with Gasteiger partial charge in [0, 0.05) is 29.8 Å². The number of carbonyl (C=O) groups excluding carboxylic acids is 1. The summed E-state index contributed by atoms with van der Waals surface area (Å²) in [5, 5.41) is 19.8. The van der Waals surface area contributed by atoms with Crippen LogP contribution in [0.25, 0.3) is 10.9 Å². The molecule has 186 valence electrons. The third-order valence-electron chi connectivity index (χ3n) is 6.49. The van der Waals surface area contributed by atoms with E-state index in [1.807, 2.05) is 0 Å². The van der Waals surface area contributed by atoms with Gasteiger partial charge >= 0.3 is 6.03 Å². The second kappa shape index (κ2) is 11.0. The number of nitriles is 1. The van der Waals surface area contributed by atoms with E-state index in [0.717, 1.165) is 45.2 Å². The predicted molar refractivity (Wildman–Crippen MR) is 139 cm³/mol. The van der Waals surface area contributed by atoms with Crippen molar-refractivity contribution in [3.8, 4) is 23.3 Å². The van der Waals surface area contributed by atoms with Crippen molar-refractivity contribution in [1.82, 2.24) is 15.6 Å². The zero-order valence-electron chi connectivity index (χ0n) is 19.9. The number of hydrogen-bond donors (Lipinski definition) is 3. The number of piperidine rings is 1. The number of benzene rings is 2. The monoisotopic (exact) mass is 505 g/mol. The van der Waals surface area contributed by atoms with Crippen molar-refractivity contribution in [2.24, 2.45) is 5.92 Å². The maximum atomic E-state index is 12.0. The van der Waals surface area contributed by atoms with Gasteiger partial charge in [-0.1, -0.05) is 11.6 Å². The SMILES string of the molecule is N#Cc1cc2c(Oc3ccc(NC(=O)NC4CC4)c(Cl)c3)ccnc2cc1OCCC1CCNCC1. The van der Waals surface area contributed by atoms with Gasteiger partial charge in [0.05, 0.1) is 28.4 Å². The van der Waals surface area contributed by atoms with Gasteiger partial charge in [0.2, 0.25) is 0 Å². The van der Waals surface area contributed by atoms with Crippen LogP contribution in [0.15, 0.2) is 42.6 Å². The highest BCUT2D eigenvalue weighted by atomic mass is 35.5. The molecule has 0 unspecified atom stereocenters. The van der Waals surface area contributed by atoms with E-state index in [-0.39, 0.29) is 12.1 Å². The predicted octanol–water partition coefficient (Wildman–Crippen LogP) is 5.60. The molecule has 3 N–H and O–H groups in total. The zero-order valence-corrected chi connectivity index (χ0v) is 20.6. The van der Waals surface area contributed by atoms with E-state index in [4.69, 9.17) is 21.1 Å². The van der Waals surface area contributed by atoms with Crippen molar-refractivity contribution in [2.75, 3.05) is 25.0 Å². The Hall–Kier alpha value is -3.54. The lowest BCUT2D eigenvalue weighted by Crippen LogP contribution is -2.30. The van der Waals surface area contributed by atoms with E-state index in [1.54, 1.807) is 42.6 Å². The Labute approximate surface area is 214 Å². The number of urea groups is 1. The number of hydrogen-bond acceptors (Lipinski definition) is 6. The van der Waals surface area contributed by atoms with Gasteiger partial charge in [-0.05, 0) is 75.4 Å². The number of aromatic nitrogens is 1. The molecule has 2 aromatic carbocycles. The Morgan fingerprint density at radius 2 is 1.97 bits per heavy atom. The summed E-state index contributed by atoms with van der Waals surface area (Å²) in [4.78, 5) is 16.5. The summed E-state index contributed by atoms with van der Waals surface area (Å²) in [7, 11) is 0. The second-order valence-electron chi connectivity index (χ2n) is 9.23. The van der Waals surface area contributed by atoms with Crippen molar-refractivity contribution in [1.29, 1.82) is 5.26 Å². The molecule has 9 heteroatoms. The van der Waals surface area contributed by atoms with Crippen LogP contribution in [0.2, 0.25) is 5.02 Å². The van der Waals surface area contributed by atoms with Crippen molar-refractivity contribution < 1.29 is 14.3 Å². The van der Waals surface area contributed by atoms with E-state index < -0.39 is 0 Å². The number of nitrogens with one attached hydrogen (secondary N) is 3. The molecule has 2 fully saturated rings. The van der Waals surface area contributed by atoms with Crippen LogP contribution in [-0.2, 0) is 0 Å². The first-order chi connectivity index (χ1) is 17.6. The molecule has 2 amide bonds. The molecule has 2 heterocycles. The number of rotatable bonds is 8. The van der Waals surface area contributed by atoms with Gasteiger partial charge in [-0.15, -0.1) is 0 Å². The average Bonchev–Trinajstić information content (AvgIpc) is 3.70. The van der Waals surface area contributed by atoms with E-state index >= 15 is 0 Å². The van der Waals surface area contributed by atoms with Gasteiger partial charge < -0.3 is 25.4 Å². The first-order valence-electron chi connectivity index (χ1n) is 12.3. The first-order valence-corrected chi connectivity index (χ1v) is 12.7. The molecule has 8 nitrogen and oxygen atoms in total.